The summed E-state index contributed by atoms with van der Waals surface area (Å²) in [7, 11) is 0. The lowest BCUT2D eigenvalue weighted by atomic mass is 10.0. The van der Waals surface area contributed by atoms with Gasteiger partial charge in [0.25, 0.3) is 0 Å². The van der Waals surface area contributed by atoms with Crippen molar-refractivity contribution in [1.82, 2.24) is 9.80 Å². The van der Waals surface area contributed by atoms with Gasteiger partial charge in [0.15, 0.2) is 6.29 Å². The highest BCUT2D eigenvalue weighted by atomic mass is 19.4. The molecule has 4 nitrogen and oxygen atoms in total. The van der Waals surface area contributed by atoms with E-state index in [4.69, 9.17) is 9.47 Å². The zero-order valence-corrected chi connectivity index (χ0v) is 19.0. The third-order valence-electron chi connectivity index (χ3n) is 6.20. The van der Waals surface area contributed by atoms with Crippen molar-refractivity contribution < 1.29 is 27.0 Å². The largest absolute Gasteiger partial charge is 0.416 e. The van der Waals surface area contributed by atoms with Crippen molar-refractivity contribution in [2.75, 3.05) is 39.3 Å². The molecular weight excluding hydrogens is 448 g/mol. The molecule has 2 fully saturated rings. The molecule has 0 amide bonds. The molecule has 0 aromatic heterocycles. The third-order valence-corrected chi connectivity index (χ3v) is 6.20. The van der Waals surface area contributed by atoms with Crippen LogP contribution in [0.4, 0.5) is 17.6 Å². The molecule has 34 heavy (non-hydrogen) atoms. The molecular formula is C26H28F4N2O2. The maximum absolute atomic E-state index is 13.6. The standard InChI is InChI=1S/C26H28F4N2O2/c1-19(21-6-4-7-22(18-21)26(28,29)30)34-25-24(20-8-10-23(27)11-9-20)32(16-17-33-25)15-3-2-12-31-13-5-14-31/h4,6-11,18-19,24-25H,5,12-17H2,1H3/t19-,24+,25-/m1/s1. The van der Waals surface area contributed by atoms with E-state index in [-0.39, 0.29) is 11.9 Å². The smallest absolute Gasteiger partial charge is 0.349 e. The molecule has 0 spiro atoms. The van der Waals surface area contributed by atoms with Crippen LogP contribution in [0.2, 0.25) is 0 Å². The van der Waals surface area contributed by atoms with Crippen LogP contribution in [0.15, 0.2) is 48.5 Å². The van der Waals surface area contributed by atoms with Crippen LogP contribution in [0.25, 0.3) is 0 Å². The van der Waals surface area contributed by atoms with Gasteiger partial charge in [-0.25, -0.2) is 4.39 Å². The molecule has 0 bridgehead atoms. The van der Waals surface area contributed by atoms with Gasteiger partial charge >= 0.3 is 6.18 Å². The molecule has 182 valence electrons. The van der Waals surface area contributed by atoms with E-state index < -0.39 is 24.1 Å². The average Bonchev–Trinajstić information content (AvgIpc) is 2.78. The molecule has 0 radical (unpaired) electrons. The van der Waals surface area contributed by atoms with E-state index in [1.54, 1.807) is 25.1 Å². The SMILES string of the molecule is C[C@@H](O[C@H]1OCCN(CC#CCN2CCC2)[C@H]1c1ccc(F)cc1)c1cccc(C(F)(F)F)c1. The number of nitrogens with zero attached hydrogens (tertiary/aromatic N) is 2. The van der Waals surface area contributed by atoms with E-state index in [0.717, 1.165) is 37.3 Å². The molecule has 2 saturated heterocycles. The topological polar surface area (TPSA) is 24.9 Å². The van der Waals surface area contributed by atoms with Gasteiger partial charge in [-0.05, 0) is 48.7 Å². The fourth-order valence-corrected chi connectivity index (χ4v) is 4.12. The number of morpholine rings is 1. The zero-order chi connectivity index (χ0) is 24.1. The van der Waals surface area contributed by atoms with Crippen LogP contribution in [-0.2, 0) is 15.7 Å². The molecule has 0 unspecified atom stereocenters. The summed E-state index contributed by atoms with van der Waals surface area (Å²) in [6, 6.07) is 10.9. The summed E-state index contributed by atoms with van der Waals surface area (Å²) in [5, 5.41) is 0. The molecule has 0 N–H and O–H groups in total. The van der Waals surface area contributed by atoms with Crippen molar-refractivity contribution >= 4 is 0 Å². The lowest BCUT2D eigenvalue weighted by molar-refractivity contribution is -0.228. The summed E-state index contributed by atoms with van der Waals surface area (Å²) >= 11 is 0. The van der Waals surface area contributed by atoms with E-state index in [9.17, 15) is 17.6 Å². The molecule has 0 aliphatic carbocycles. The summed E-state index contributed by atoms with van der Waals surface area (Å²) in [6.45, 7) is 6.08. The van der Waals surface area contributed by atoms with Crippen molar-refractivity contribution in [3.63, 3.8) is 0 Å². The predicted molar refractivity (Wildman–Crippen MR) is 120 cm³/mol. The first-order valence-electron chi connectivity index (χ1n) is 11.4. The highest BCUT2D eigenvalue weighted by molar-refractivity contribution is 5.27. The average molecular weight is 477 g/mol. The second kappa shape index (κ2) is 10.9. The van der Waals surface area contributed by atoms with Gasteiger partial charge in [0, 0.05) is 19.6 Å². The van der Waals surface area contributed by atoms with E-state index in [1.807, 2.05) is 0 Å². The molecule has 8 heteroatoms. The van der Waals surface area contributed by atoms with Crippen LogP contribution < -0.4 is 0 Å². The molecule has 4 rings (SSSR count). The Balaban J connectivity index is 1.52. The number of benzene rings is 2. The van der Waals surface area contributed by atoms with E-state index in [1.165, 1.54) is 24.6 Å². The molecule has 3 atom stereocenters. The maximum atomic E-state index is 13.6. The second-order valence-corrected chi connectivity index (χ2v) is 8.59. The summed E-state index contributed by atoms with van der Waals surface area (Å²) in [5.74, 6) is 6.07. The first kappa shape index (κ1) is 24.7. The quantitative estimate of drug-likeness (QED) is 0.431. The fraction of sp³-hybridized carbons (Fsp3) is 0.462. The zero-order valence-electron chi connectivity index (χ0n) is 19.0. The Kier molecular flexibility index (Phi) is 7.89. The van der Waals surface area contributed by atoms with Crippen LogP contribution >= 0.6 is 0 Å². The summed E-state index contributed by atoms with van der Waals surface area (Å²) < 4.78 is 65.2. The van der Waals surface area contributed by atoms with E-state index >= 15 is 0 Å². The van der Waals surface area contributed by atoms with E-state index in [2.05, 4.69) is 21.6 Å². The Morgan fingerprint density at radius 3 is 2.47 bits per heavy atom. The minimum Gasteiger partial charge on any atom is -0.349 e. The molecule has 2 aromatic carbocycles. The van der Waals surface area contributed by atoms with Crippen molar-refractivity contribution in [2.24, 2.45) is 0 Å². The van der Waals surface area contributed by atoms with Crippen LogP contribution in [-0.4, -0.2) is 55.4 Å². The fourth-order valence-electron chi connectivity index (χ4n) is 4.12. The summed E-state index contributed by atoms with van der Waals surface area (Å²) in [5.41, 5.74) is 0.480. The van der Waals surface area contributed by atoms with Crippen LogP contribution in [0.3, 0.4) is 0 Å². The molecule has 2 aliphatic heterocycles. The van der Waals surface area contributed by atoms with Crippen molar-refractivity contribution in [1.29, 1.82) is 0 Å². The Morgan fingerprint density at radius 1 is 1.06 bits per heavy atom. The van der Waals surface area contributed by atoms with Gasteiger partial charge in [-0.2, -0.15) is 13.2 Å². The van der Waals surface area contributed by atoms with Gasteiger partial charge < -0.3 is 9.47 Å². The van der Waals surface area contributed by atoms with Gasteiger partial charge in [0.2, 0.25) is 0 Å². The Bertz CT molecular complexity index is 1010. The number of rotatable bonds is 6. The van der Waals surface area contributed by atoms with Gasteiger partial charge in [-0.15, -0.1) is 0 Å². The lowest BCUT2D eigenvalue weighted by Crippen LogP contribution is -2.47. The third kappa shape index (κ3) is 6.16. The van der Waals surface area contributed by atoms with Crippen molar-refractivity contribution in [3.8, 4) is 11.8 Å². The molecule has 2 aromatic rings. The Labute approximate surface area is 197 Å². The van der Waals surface area contributed by atoms with Crippen molar-refractivity contribution in [3.05, 3.63) is 71.0 Å². The van der Waals surface area contributed by atoms with Crippen molar-refractivity contribution in [2.45, 2.75) is 38.0 Å². The second-order valence-electron chi connectivity index (χ2n) is 8.59. The predicted octanol–water partition coefficient (Wildman–Crippen LogP) is 5.03. The van der Waals surface area contributed by atoms with Gasteiger partial charge in [-0.3, -0.25) is 9.80 Å². The summed E-state index contributed by atoms with van der Waals surface area (Å²) in [4.78, 5) is 4.38. The van der Waals surface area contributed by atoms with Gasteiger partial charge in [-0.1, -0.05) is 36.1 Å². The lowest BCUT2D eigenvalue weighted by Gasteiger charge is -2.41. The highest BCUT2D eigenvalue weighted by Gasteiger charge is 2.36. The number of alkyl halides is 3. The molecule has 2 aliphatic rings. The minimum atomic E-state index is -4.43. The maximum Gasteiger partial charge on any atom is 0.416 e. The molecule has 0 saturated carbocycles. The van der Waals surface area contributed by atoms with Crippen LogP contribution in [0.1, 0.15) is 42.2 Å². The van der Waals surface area contributed by atoms with Gasteiger partial charge in [0.1, 0.15) is 5.82 Å². The number of likely N-dealkylation sites (tertiary alicyclic amines) is 1. The first-order valence-corrected chi connectivity index (χ1v) is 11.4. The minimum absolute atomic E-state index is 0.351. The Hall–Kier alpha value is -2.44. The molecule has 2 heterocycles. The Morgan fingerprint density at radius 2 is 1.79 bits per heavy atom. The number of hydrogen-bond donors (Lipinski definition) is 0. The normalized spacial score (nSPS) is 22.5. The summed E-state index contributed by atoms with van der Waals surface area (Å²) in [6.07, 6.45) is -4.62. The van der Waals surface area contributed by atoms with Crippen LogP contribution in [0.5, 0.6) is 0 Å². The number of hydrogen-bond acceptors (Lipinski definition) is 4. The number of ether oxygens (including phenoxy) is 2. The number of halogens is 4. The van der Waals surface area contributed by atoms with Crippen LogP contribution in [0, 0.1) is 17.7 Å². The van der Waals surface area contributed by atoms with Gasteiger partial charge in [0.05, 0.1) is 37.4 Å². The first-order chi connectivity index (χ1) is 16.3. The monoisotopic (exact) mass is 476 g/mol. The van der Waals surface area contributed by atoms with E-state index in [0.29, 0.717) is 25.3 Å². The highest BCUT2D eigenvalue weighted by Crippen LogP contribution is 2.35.